The van der Waals surface area contributed by atoms with E-state index in [2.05, 4.69) is 6.92 Å². The molecule has 1 unspecified atom stereocenters. The molecule has 5 rings (SSSR count). The lowest BCUT2D eigenvalue weighted by molar-refractivity contribution is -0.226. The molecule has 0 bridgehead atoms. The highest BCUT2D eigenvalue weighted by Crippen LogP contribution is 2.79. The van der Waals surface area contributed by atoms with Crippen LogP contribution in [0, 0.1) is 39.4 Å². The van der Waals surface area contributed by atoms with Crippen molar-refractivity contribution in [2.75, 3.05) is 0 Å². The van der Waals surface area contributed by atoms with Gasteiger partial charge in [0, 0.05) is 63.2 Å². The molecule has 5 aliphatic rings. The van der Waals surface area contributed by atoms with E-state index in [1.165, 1.54) is 34.6 Å². The zero-order valence-corrected chi connectivity index (χ0v) is 31.7. The number of Topliss-reactive ketones (excluding diaryl/α,β-unsaturated/α-hetero) is 2. The molecule has 0 amide bonds. The highest BCUT2D eigenvalue weighted by molar-refractivity contribution is 5.90. The fourth-order valence-corrected chi connectivity index (χ4v) is 11.9. The summed E-state index contributed by atoms with van der Waals surface area (Å²) in [6.07, 6.45) is -1.65. The fraction of sp³-hybridized carbons (Fsp3) is 0.842. The lowest BCUT2D eigenvalue weighted by Crippen LogP contribution is -2.71. The average molecular weight is 705 g/mol. The number of esters is 4. The van der Waals surface area contributed by atoms with Crippen LogP contribution in [-0.2, 0) is 52.5 Å². The first-order chi connectivity index (χ1) is 22.7. The van der Waals surface area contributed by atoms with Crippen LogP contribution >= 0.6 is 0 Å². The van der Waals surface area contributed by atoms with E-state index in [1.807, 2.05) is 27.7 Å². The first kappa shape index (κ1) is 38.4. The van der Waals surface area contributed by atoms with Crippen LogP contribution in [0.15, 0.2) is 0 Å². The Morgan fingerprint density at radius 3 is 1.90 bits per heavy atom. The van der Waals surface area contributed by atoms with Crippen LogP contribution < -0.4 is 0 Å². The molecule has 280 valence electrons. The molecule has 12 nitrogen and oxygen atoms in total. The van der Waals surface area contributed by atoms with Gasteiger partial charge in [-0.1, -0.05) is 34.6 Å². The number of ether oxygens (including phenoxy) is 5. The van der Waals surface area contributed by atoms with E-state index in [9.17, 15) is 29.1 Å². The quantitative estimate of drug-likeness (QED) is 0.204. The van der Waals surface area contributed by atoms with Gasteiger partial charge in [-0.05, 0) is 63.2 Å². The third-order valence-electron chi connectivity index (χ3n) is 14.1. The Balaban J connectivity index is 1.56. The van der Waals surface area contributed by atoms with Gasteiger partial charge in [0.2, 0.25) is 0 Å². The maximum atomic E-state index is 15.0. The molecule has 0 aromatic carbocycles. The van der Waals surface area contributed by atoms with Gasteiger partial charge in [-0.25, -0.2) is 0 Å². The van der Waals surface area contributed by atoms with E-state index in [0.717, 1.165) is 0 Å². The maximum Gasteiger partial charge on any atom is 0.303 e. The Hall–Kier alpha value is -2.86. The third-order valence-corrected chi connectivity index (χ3v) is 14.1. The molecule has 1 aliphatic heterocycles. The molecule has 12 heteroatoms. The van der Waals surface area contributed by atoms with Crippen molar-refractivity contribution < 1.29 is 57.6 Å². The minimum atomic E-state index is -1.99. The lowest BCUT2D eigenvalue weighted by atomic mass is 9.36. The molecule has 0 aromatic heterocycles. The Labute approximate surface area is 295 Å². The second-order valence-electron chi connectivity index (χ2n) is 17.8. The minimum Gasteiger partial charge on any atom is -0.462 e. The van der Waals surface area contributed by atoms with Gasteiger partial charge in [-0.2, -0.15) is 0 Å². The molecule has 5 fully saturated rings. The van der Waals surface area contributed by atoms with Crippen molar-refractivity contribution >= 4 is 35.4 Å². The first-order valence-corrected chi connectivity index (χ1v) is 17.9. The Morgan fingerprint density at radius 1 is 0.800 bits per heavy atom. The van der Waals surface area contributed by atoms with Crippen molar-refractivity contribution in [3.05, 3.63) is 0 Å². The molecule has 0 radical (unpaired) electrons. The molecule has 12 atom stereocenters. The van der Waals surface area contributed by atoms with Crippen LogP contribution in [0.25, 0.3) is 0 Å². The monoisotopic (exact) mass is 704 g/mol. The summed E-state index contributed by atoms with van der Waals surface area (Å²) < 4.78 is 29.7. The average Bonchev–Trinajstić information content (AvgIpc) is 3.63. The number of hydrogen-bond donors (Lipinski definition) is 1. The normalized spacial score (nSPS) is 42.3. The molecule has 4 saturated carbocycles. The van der Waals surface area contributed by atoms with E-state index < -0.39 is 98.3 Å². The van der Waals surface area contributed by atoms with Crippen molar-refractivity contribution in [1.82, 2.24) is 0 Å². The van der Waals surface area contributed by atoms with Gasteiger partial charge in [0.1, 0.15) is 40.9 Å². The minimum absolute atomic E-state index is 0.00455. The first-order valence-electron chi connectivity index (χ1n) is 17.9. The second-order valence-corrected chi connectivity index (χ2v) is 17.8. The molecule has 1 saturated heterocycles. The number of hydrogen-bond acceptors (Lipinski definition) is 12. The van der Waals surface area contributed by atoms with Crippen molar-refractivity contribution in [2.45, 2.75) is 163 Å². The van der Waals surface area contributed by atoms with Gasteiger partial charge in [-0.3, -0.25) is 28.8 Å². The smallest absolute Gasteiger partial charge is 0.303 e. The van der Waals surface area contributed by atoms with E-state index in [1.54, 1.807) is 13.8 Å². The Morgan fingerprint density at radius 2 is 1.36 bits per heavy atom. The van der Waals surface area contributed by atoms with Crippen molar-refractivity contribution in [1.29, 1.82) is 0 Å². The summed E-state index contributed by atoms with van der Waals surface area (Å²) in [4.78, 5) is 77.9. The number of aliphatic hydroxyl groups is 1. The molecule has 4 aliphatic carbocycles. The molecule has 1 heterocycles. The summed E-state index contributed by atoms with van der Waals surface area (Å²) in [6, 6.07) is 0. The summed E-state index contributed by atoms with van der Waals surface area (Å²) in [5.41, 5.74) is -7.27. The van der Waals surface area contributed by atoms with E-state index in [0.29, 0.717) is 12.8 Å². The van der Waals surface area contributed by atoms with Gasteiger partial charge >= 0.3 is 23.9 Å². The standard InChI is InChI=1S/C38H56O12/c1-19(39)46-23-15-26-36(11)25(16-29-38(26,50-29)33(7,8)31(23)48-21(3)41)34(9)17-24(47-20(2)40)30(35(34,10)18-28(36)44)37(12,45)27(43)13-14-32(5,6)49-22(4)42/h23-26,29-31,45H,13-18H2,1-12H3/t23-,24+,25-,26-,29+,30?,31+,34-,35+,36+,37-,38-/m0/s1. The molecular formula is C38H56O12. The summed E-state index contributed by atoms with van der Waals surface area (Å²) in [7, 11) is 0. The van der Waals surface area contributed by atoms with Gasteiger partial charge in [0.05, 0.1) is 6.10 Å². The van der Waals surface area contributed by atoms with Gasteiger partial charge < -0.3 is 28.8 Å². The van der Waals surface area contributed by atoms with Crippen LogP contribution in [0.5, 0.6) is 0 Å². The molecular weight excluding hydrogens is 648 g/mol. The van der Waals surface area contributed by atoms with Gasteiger partial charge in [0.25, 0.3) is 0 Å². The fourth-order valence-electron chi connectivity index (χ4n) is 11.9. The van der Waals surface area contributed by atoms with Crippen LogP contribution in [-0.4, -0.2) is 81.8 Å². The third kappa shape index (κ3) is 5.44. The number of fused-ring (bicyclic) bond motifs is 4. The van der Waals surface area contributed by atoms with E-state index >= 15 is 4.79 Å². The Bertz CT molecular complexity index is 1500. The van der Waals surface area contributed by atoms with Crippen LogP contribution in [0.2, 0.25) is 0 Å². The molecule has 1 N–H and O–H groups in total. The van der Waals surface area contributed by atoms with Crippen LogP contribution in [0.3, 0.4) is 0 Å². The molecule has 0 aromatic rings. The summed E-state index contributed by atoms with van der Waals surface area (Å²) in [5, 5.41) is 12.3. The van der Waals surface area contributed by atoms with Crippen LogP contribution in [0.1, 0.15) is 122 Å². The predicted molar refractivity (Wildman–Crippen MR) is 177 cm³/mol. The largest absolute Gasteiger partial charge is 0.462 e. The number of rotatable bonds is 9. The summed E-state index contributed by atoms with van der Waals surface area (Å²) >= 11 is 0. The zero-order chi connectivity index (χ0) is 37.8. The predicted octanol–water partition coefficient (Wildman–Crippen LogP) is 4.44. The number of carbonyl (C=O) groups is 6. The van der Waals surface area contributed by atoms with Crippen molar-refractivity contribution in [2.24, 2.45) is 39.4 Å². The van der Waals surface area contributed by atoms with E-state index in [4.69, 9.17) is 23.7 Å². The zero-order valence-electron chi connectivity index (χ0n) is 31.7. The van der Waals surface area contributed by atoms with E-state index in [-0.39, 0.29) is 43.5 Å². The second kappa shape index (κ2) is 11.8. The summed E-state index contributed by atoms with van der Waals surface area (Å²) in [5.74, 6) is -4.25. The summed E-state index contributed by atoms with van der Waals surface area (Å²) in [6.45, 7) is 19.9. The number of carbonyl (C=O) groups excluding carboxylic acids is 6. The Kier molecular flexibility index (Phi) is 9.08. The highest BCUT2D eigenvalue weighted by Gasteiger charge is 2.85. The molecule has 1 spiro atoms. The van der Waals surface area contributed by atoms with Crippen LogP contribution in [0.4, 0.5) is 0 Å². The van der Waals surface area contributed by atoms with Crippen molar-refractivity contribution in [3.63, 3.8) is 0 Å². The number of epoxide rings is 1. The SMILES string of the molecule is CC(=O)O[C@H]1C[C@H]2[C@]3(C)C(=O)C[C@]4(C)C([C@@](C)(O)C(=O)CCC(C)(C)OC(C)=O)[C@H](OC(C)=O)C[C@@]4(C)[C@@H]3C[C@H]3O[C@]32C(C)(C)[C@@H]1OC(C)=O. The lowest BCUT2D eigenvalue weighted by Gasteiger charge is -2.66. The topological polar surface area (TPSA) is 172 Å². The van der Waals surface area contributed by atoms with Gasteiger partial charge in [0.15, 0.2) is 5.78 Å². The number of ketones is 2. The maximum absolute atomic E-state index is 15.0. The van der Waals surface area contributed by atoms with Gasteiger partial charge in [-0.15, -0.1) is 0 Å². The van der Waals surface area contributed by atoms with Crippen molar-refractivity contribution in [3.8, 4) is 0 Å². The highest BCUT2D eigenvalue weighted by atomic mass is 16.6. The molecule has 50 heavy (non-hydrogen) atoms.